The van der Waals surface area contributed by atoms with Gasteiger partial charge in [-0.3, -0.25) is 4.90 Å². The van der Waals surface area contributed by atoms with E-state index < -0.39 is 17.8 Å². The zero-order chi connectivity index (χ0) is 24.6. The average molecular weight is 470 g/mol. The predicted octanol–water partition coefficient (Wildman–Crippen LogP) is 6.26. The molecule has 3 N–H and O–H groups in total. The molecule has 3 rings (SSSR count). The van der Waals surface area contributed by atoms with Gasteiger partial charge in [-0.2, -0.15) is 13.2 Å². The SMILES string of the molecule is Cc1ccccc1NC(=O)N(CCCNC(=O)Nc1ccccc1C(F)(F)F)c1ccccc1. The maximum Gasteiger partial charge on any atom is 0.418 e. The molecule has 6 nitrogen and oxygen atoms in total. The summed E-state index contributed by atoms with van der Waals surface area (Å²) >= 11 is 0. The number of nitrogens with zero attached hydrogens (tertiary/aromatic N) is 1. The summed E-state index contributed by atoms with van der Waals surface area (Å²) in [6, 6.07) is 20.1. The fourth-order valence-electron chi connectivity index (χ4n) is 3.30. The van der Waals surface area contributed by atoms with Crippen LogP contribution in [0.5, 0.6) is 0 Å². The second kappa shape index (κ2) is 11.2. The van der Waals surface area contributed by atoms with Crippen molar-refractivity contribution < 1.29 is 22.8 Å². The Bertz CT molecular complexity index is 1120. The van der Waals surface area contributed by atoms with Crippen molar-refractivity contribution >= 4 is 29.1 Å². The van der Waals surface area contributed by atoms with Crippen molar-refractivity contribution in [3.05, 3.63) is 90.0 Å². The number of anilines is 3. The number of nitrogens with one attached hydrogen (secondary N) is 3. The van der Waals surface area contributed by atoms with Gasteiger partial charge in [0.25, 0.3) is 0 Å². The Hall–Kier alpha value is -4.01. The highest BCUT2D eigenvalue weighted by atomic mass is 19.4. The Morgan fingerprint density at radius 3 is 2.12 bits per heavy atom. The molecule has 0 aliphatic carbocycles. The molecule has 0 spiro atoms. The molecule has 0 saturated heterocycles. The maximum absolute atomic E-state index is 13.1. The molecule has 0 aromatic heterocycles. The van der Waals surface area contributed by atoms with Gasteiger partial charge in [0.15, 0.2) is 0 Å². The van der Waals surface area contributed by atoms with E-state index in [4.69, 9.17) is 0 Å². The van der Waals surface area contributed by atoms with Crippen LogP contribution in [0.25, 0.3) is 0 Å². The number of amides is 4. The van der Waals surface area contributed by atoms with E-state index in [0.717, 1.165) is 11.6 Å². The number of benzene rings is 3. The summed E-state index contributed by atoms with van der Waals surface area (Å²) in [6.07, 6.45) is -4.20. The molecule has 0 atom stereocenters. The third kappa shape index (κ3) is 6.74. The van der Waals surface area contributed by atoms with Crippen LogP contribution < -0.4 is 20.9 Å². The summed E-state index contributed by atoms with van der Waals surface area (Å²) in [4.78, 5) is 26.7. The molecule has 0 aliphatic rings. The van der Waals surface area contributed by atoms with E-state index in [1.807, 2.05) is 43.3 Å². The minimum atomic E-state index is -4.58. The number of halogens is 3. The molecule has 34 heavy (non-hydrogen) atoms. The van der Waals surface area contributed by atoms with Crippen molar-refractivity contribution in [2.24, 2.45) is 0 Å². The molecule has 3 aromatic carbocycles. The molecule has 0 fully saturated rings. The number of aryl methyl sites for hydroxylation is 1. The van der Waals surface area contributed by atoms with Crippen molar-refractivity contribution in [1.29, 1.82) is 0 Å². The van der Waals surface area contributed by atoms with Crippen LogP contribution in [-0.2, 0) is 6.18 Å². The van der Waals surface area contributed by atoms with Gasteiger partial charge in [-0.25, -0.2) is 9.59 Å². The molecule has 0 heterocycles. The number of para-hydroxylation sites is 3. The van der Waals surface area contributed by atoms with Crippen LogP contribution in [0.2, 0.25) is 0 Å². The van der Waals surface area contributed by atoms with Gasteiger partial charge < -0.3 is 16.0 Å². The van der Waals surface area contributed by atoms with Gasteiger partial charge in [0, 0.05) is 24.5 Å². The topological polar surface area (TPSA) is 73.5 Å². The number of hydrogen-bond donors (Lipinski definition) is 3. The summed E-state index contributed by atoms with van der Waals surface area (Å²) in [5.41, 5.74) is 1.04. The molecule has 0 unspecified atom stereocenters. The number of carbonyl (C=O) groups is 2. The normalized spacial score (nSPS) is 10.9. The molecule has 178 valence electrons. The van der Waals surface area contributed by atoms with Crippen LogP contribution >= 0.6 is 0 Å². The van der Waals surface area contributed by atoms with Crippen molar-refractivity contribution in [2.75, 3.05) is 28.6 Å². The molecule has 0 bridgehead atoms. The van der Waals surface area contributed by atoms with E-state index in [2.05, 4.69) is 16.0 Å². The van der Waals surface area contributed by atoms with E-state index >= 15 is 0 Å². The number of alkyl halides is 3. The second-order valence-corrected chi connectivity index (χ2v) is 7.51. The zero-order valence-electron chi connectivity index (χ0n) is 18.5. The molecule has 3 aromatic rings. The van der Waals surface area contributed by atoms with Crippen LogP contribution in [0.15, 0.2) is 78.9 Å². The average Bonchev–Trinajstić information content (AvgIpc) is 2.80. The van der Waals surface area contributed by atoms with Gasteiger partial charge in [0.05, 0.1) is 11.3 Å². The number of rotatable bonds is 7. The first-order valence-electron chi connectivity index (χ1n) is 10.7. The van der Waals surface area contributed by atoms with E-state index in [0.29, 0.717) is 17.8 Å². The van der Waals surface area contributed by atoms with Crippen molar-refractivity contribution in [3.8, 4) is 0 Å². The lowest BCUT2D eigenvalue weighted by Crippen LogP contribution is -2.38. The highest BCUT2D eigenvalue weighted by Crippen LogP contribution is 2.34. The smallest absolute Gasteiger partial charge is 0.338 e. The molecule has 9 heteroatoms. The van der Waals surface area contributed by atoms with E-state index in [1.54, 1.807) is 23.1 Å². The van der Waals surface area contributed by atoms with E-state index in [9.17, 15) is 22.8 Å². The van der Waals surface area contributed by atoms with Crippen molar-refractivity contribution in [3.63, 3.8) is 0 Å². The molecule has 0 saturated carbocycles. The lowest BCUT2D eigenvalue weighted by molar-refractivity contribution is -0.136. The lowest BCUT2D eigenvalue weighted by Gasteiger charge is -2.24. The first-order valence-corrected chi connectivity index (χ1v) is 10.7. The van der Waals surface area contributed by atoms with Crippen LogP contribution in [-0.4, -0.2) is 25.2 Å². The number of carbonyl (C=O) groups excluding carboxylic acids is 2. The van der Waals surface area contributed by atoms with E-state index in [-0.39, 0.29) is 24.8 Å². The minimum absolute atomic E-state index is 0.154. The standard InChI is InChI=1S/C25H25F3N4O2/c1-18-10-5-7-14-21(18)31-24(34)32(19-11-3-2-4-12-19)17-9-16-29-23(33)30-22-15-8-6-13-20(22)25(26,27)28/h2-8,10-15H,9,16-17H2,1H3,(H,31,34)(H2,29,30,33). The van der Waals surface area contributed by atoms with Crippen LogP contribution in [0.1, 0.15) is 17.5 Å². The van der Waals surface area contributed by atoms with Gasteiger partial charge >= 0.3 is 18.2 Å². The Balaban J connectivity index is 1.58. The summed E-state index contributed by atoms with van der Waals surface area (Å²) in [6.45, 7) is 2.32. The summed E-state index contributed by atoms with van der Waals surface area (Å²) in [7, 11) is 0. The number of hydrogen-bond acceptors (Lipinski definition) is 2. The molecule has 0 radical (unpaired) electrons. The number of urea groups is 2. The summed E-state index contributed by atoms with van der Waals surface area (Å²) in [5.74, 6) is 0. The lowest BCUT2D eigenvalue weighted by atomic mass is 10.1. The van der Waals surface area contributed by atoms with Crippen LogP contribution in [0.3, 0.4) is 0 Å². The van der Waals surface area contributed by atoms with Crippen molar-refractivity contribution in [1.82, 2.24) is 5.32 Å². The first kappa shape index (κ1) is 24.6. The van der Waals surface area contributed by atoms with Crippen LogP contribution in [0.4, 0.5) is 39.8 Å². The third-order valence-electron chi connectivity index (χ3n) is 5.02. The Morgan fingerprint density at radius 2 is 1.44 bits per heavy atom. The summed E-state index contributed by atoms with van der Waals surface area (Å²) < 4.78 is 39.3. The molecule has 0 aliphatic heterocycles. The second-order valence-electron chi connectivity index (χ2n) is 7.51. The van der Waals surface area contributed by atoms with Crippen LogP contribution in [0, 0.1) is 6.92 Å². The highest BCUT2D eigenvalue weighted by Gasteiger charge is 2.33. The largest absolute Gasteiger partial charge is 0.418 e. The molecule has 4 amide bonds. The third-order valence-corrected chi connectivity index (χ3v) is 5.02. The highest BCUT2D eigenvalue weighted by molar-refractivity contribution is 6.02. The maximum atomic E-state index is 13.1. The van der Waals surface area contributed by atoms with Crippen molar-refractivity contribution in [2.45, 2.75) is 19.5 Å². The van der Waals surface area contributed by atoms with Gasteiger partial charge in [0.2, 0.25) is 0 Å². The Kier molecular flexibility index (Phi) is 8.13. The van der Waals surface area contributed by atoms with Gasteiger partial charge in [0.1, 0.15) is 0 Å². The van der Waals surface area contributed by atoms with Gasteiger partial charge in [-0.05, 0) is 49.2 Å². The zero-order valence-corrected chi connectivity index (χ0v) is 18.5. The van der Waals surface area contributed by atoms with Gasteiger partial charge in [-0.1, -0.05) is 48.5 Å². The molecular formula is C25H25F3N4O2. The van der Waals surface area contributed by atoms with E-state index in [1.165, 1.54) is 18.2 Å². The van der Waals surface area contributed by atoms with Gasteiger partial charge in [-0.15, -0.1) is 0 Å². The Morgan fingerprint density at radius 1 is 0.824 bits per heavy atom. The fourth-order valence-corrected chi connectivity index (χ4v) is 3.30. The minimum Gasteiger partial charge on any atom is -0.338 e. The first-order chi connectivity index (χ1) is 16.3. The monoisotopic (exact) mass is 470 g/mol. The molecular weight excluding hydrogens is 445 g/mol. The fraction of sp³-hybridized carbons (Fsp3) is 0.200. The predicted molar refractivity (Wildman–Crippen MR) is 127 cm³/mol. The quantitative estimate of drug-likeness (QED) is 0.357. The summed E-state index contributed by atoms with van der Waals surface area (Å²) in [5, 5.41) is 7.67. The Labute approximate surface area is 195 Å².